The largest absolute Gasteiger partial charge is 0.493 e. The Morgan fingerprint density at radius 2 is 0.762 bits per heavy atom. The Balaban J connectivity index is 1.63. The lowest BCUT2D eigenvalue weighted by atomic mass is 9.91. The fourth-order valence-corrected chi connectivity index (χ4v) is 6.43. The van der Waals surface area contributed by atoms with Crippen molar-refractivity contribution in [1.29, 1.82) is 0 Å². The number of allylic oxidation sites excluding steroid dienone is 2. The fourth-order valence-electron chi connectivity index (χ4n) is 6.43. The third-order valence-corrected chi connectivity index (χ3v) is 9.19. The molecule has 0 atom stereocenters. The Morgan fingerprint density at radius 3 is 1.12 bits per heavy atom. The van der Waals surface area contributed by atoms with Crippen molar-refractivity contribution >= 4 is 11.4 Å². The molecule has 0 fully saturated rings. The molecule has 1 heterocycles. The summed E-state index contributed by atoms with van der Waals surface area (Å²) in [4.78, 5) is 0. The molecule has 230 valence electrons. The third-order valence-electron chi connectivity index (χ3n) is 9.19. The van der Waals surface area contributed by atoms with Crippen LogP contribution in [-0.2, 0) is 12.8 Å². The zero-order chi connectivity index (χ0) is 30.0. The smallest absolute Gasteiger partial charge is 0.211 e. The van der Waals surface area contributed by atoms with E-state index >= 15 is 0 Å². The molecule has 0 N–H and O–H groups in total. The van der Waals surface area contributed by atoms with Gasteiger partial charge in [-0.1, -0.05) is 142 Å². The Hall–Kier alpha value is -2.48. The van der Waals surface area contributed by atoms with Crippen molar-refractivity contribution in [2.24, 2.45) is 0 Å². The summed E-state index contributed by atoms with van der Waals surface area (Å²) in [5, 5.41) is 0. The van der Waals surface area contributed by atoms with Gasteiger partial charge in [0.05, 0.1) is 0 Å². The van der Waals surface area contributed by atoms with E-state index in [9.17, 15) is 5.53 Å². The SMILES string of the molecule is CCCCCCCCCCCCCCCCC1=C(c2ccc(CC)cc2)[N+](=[N-])C(c2ccc(CC)cc2)=C1CCCC. The van der Waals surface area contributed by atoms with Crippen molar-refractivity contribution in [3.63, 3.8) is 0 Å². The molecule has 2 aromatic rings. The van der Waals surface area contributed by atoms with Crippen LogP contribution in [0.15, 0.2) is 59.7 Å². The maximum absolute atomic E-state index is 11.8. The summed E-state index contributed by atoms with van der Waals surface area (Å²) < 4.78 is 1.53. The van der Waals surface area contributed by atoms with Crippen LogP contribution in [-0.4, -0.2) is 4.70 Å². The number of aryl methyl sites for hydroxylation is 2. The highest BCUT2D eigenvalue weighted by Crippen LogP contribution is 2.44. The Labute approximate surface area is 259 Å². The van der Waals surface area contributed by atoms with Crippen molar-refractivity contribution in [2.75, 3.05) is 0 Å². The van der Waals surface area contributed by atoms with Crippen molar-refractivity contribution in [3.05, 3.63) is 87.5 Å². The summed E-state index contributed by atoms with van der Waals surface area (Å²) in [6.07, 6.45) is 25.7. The summed E-state index contributed by atoms with van der Waals surface area (Å²) in [6, 6.07) is 17.7. The highest BCUT2D eigenvalue weighted by atomic mass is 15.2. The van der Waals surface area contributed by atoms with Gasteiger partial charge in [-0.2, -0.15) is 0 Å². The lowest BCUT2D eigenvalue weighted by molar-refractivity contribution is -0.345. The van der Waals surface area contributed by atoms with Gasteiger partial charge < -0.3 is 5.53 Å². The topological polar surface area (TPSA) is 25.3 Å². The summed E-state index contributed by atoms with van der Waals surface area (Å²) >= 11 is 0. The monoisotopic (exact) mass is 568 g/mol. The standard InChI is InChI=1S/C40H60N2/c1-5-9-11-12-13-14-15-16-17-18-19-20-21-22-24-38-37(23-10-6-2)39(35-29-25-33(7-3)26-30-35)42(41)40(38)36-31-27-34(8-4)28-32-36/h25-32H,5-24H2,1-4H3. The van der Waals surface area contributed by atoms with E-state index in [4.69, 9.17) is 0 Å². The van der Waals surface area contributed by atoms with Crippen molar-refractivity contribution in [1.82, 2.24) is 0 Å². The van der Waals surface area contributed by atoms with Crippen LogP contribution in [0.3, 0.4) is 0 Å². The van der Waals surface area contributed by atoms with Gasteiger partial charge >= 0.3 is 0 Å². The number of hydrogen-bond acceptors (Lipinski definition) is 0. The van der Waals surface area contributed by atoms with Gasteiger partial charge in [-0.25, -0.2) is 4.70 Å². The van der Waals surface area contributed by atoms with E-state index in [0.717, 1.165) is 61.0 Å². The summed E-state index contributed by atoms with van der Waals surface area (Å²) in [5.74, 6) is 0. The van der Waals surface area contributed by atoms with E-state index in [2.05, 4.69) is 76.2 Å². The average molecular weight is 569 g/mol. The molecule has 0 spiro atoms. The minimum absolute atomic E-state index is 1.00. The van der Waals surface area contributed by atoms with E-state index in [0.29, 0.717) is 0 Å². The first kappa shape index (κ1) is 34.0. The van der Waals surface area contributed by atoms with Crippen LogP contribution < -0.4 is 0 Å². The van der Waals surface area contributed by atoms with Gasteiger partial charge in [0.2, 0.25) is 11.4 Å². The van der Waals surface area contributed by atoms with Gasteiger partial charge in [-0.15, -0.1) is 0 Å². The summed E-state index contributed by atoms with van der Waals surface area (Å²) in [5.41, 5.74) is 21.4. The van der Waals surface area contributed by atoms with E-state index in [-0.39, 0.29) is 0 Å². The molecule has 0 aliphatic carbocycles. The second-order valence-corrected chi connectivity index (χ2v) is 12.5. The van der Waals surface area contributed by atoms with E-state index < -0.39 is 0 Å². The van der Waals surface area contributed by atoms with E-state index in [1.54, 1.807) is 0 Å². The Bertz CT molecular complexity index is 1120. The summed E-state index contributed by atoms with van der Waals surface area (Å²) in [7, 11) is 0. The first-order valence-electron chi connectivity index (χ1n) is 17.8. The Morgan fingerprint density at radius 1 is 0.429 bits per heavy atom. The molecule has 1 aliphatic heterocycles. The van der Waals surface area contributed by atoms with Gasteiger partial charge in [0.15, 0.2) is 0 Å². The zero-order valence-corrected chi connectivity index (χ0v) is 27.7. The van der Waals surface area contributed by atoms with Gasteiger partial charge in [0, 0.05) is 22.3 Å². The number of nitrogens with zero attached hydrogens (tertiary/aromatic N) is 2. The van der Waals surface area contributed by atoms with Crippen LogP contribution in [0.4, 0.5) is 0 Å². The predicted molar refractivity (Wildman–Crippen MR) is 184 cm³/mol. The molecule has 42 heavy (non-hydrogen) atoms. The van der Waals surface area contributed by atoms with Crippen molar-refractivity contribution in [2.45, 2.75) is 156 Å². The number of rotatable bonds is 22. The minimum atomic E-state index is 1.00. The minimum Gasteiger partial charge on any atom is -0.493 e. The van der Waals surface area contributed by atoms with Gasteiger partial charge in [0.25, 0.3) is 0 Å². The van der Waals surface area contributed by atoms with Crippen LogP contribution >= 0.6 is 0 Å². The molecule has 0 saturated carbocycles. The molecule has 0 amide bonds. The predicted octanol–water partition coefficient (Wildman–Crippen LogP) is 13.0. The number of unbranched alkanes of at least 4 members (excludes halogenated alkanes) is 14. The second-order valence-electron chi connectivity index (χ2n) is 12.5. The molecule has 0 saturated heterocycles. The normalized spacial score (nSPS) is 13.6. The maximum Gasteiger partial charge on any atom is 0.211 e. The van der Waals surface area contributed by atoms with E-state index in [1.165, 1.54) is 117 Å². The van der Waals surface area contributed by atoms with Crippen molar-refractivity contribution < 1.29 is 4.70 Å². The Kier molecular flexibility index (Phi) is 15.9. The maximum atomic E-state index is 11.8. The highest BCUT2D eigenvalue weighted by molar-refractivity contribution is 5.82. The van der Waals surface area contributed by atoms with Crippen LogP contribution in [0.5, 0.6) is 0 Å². The van der Waals surface area contributed by atoms with Crippen LogP contribution in [0.1, 0.15) is 166 Å². The molecule has 2 heteroatoms. The molecule has 0 unspecified atom stereocenters. The quantitative estimate of drug-likeness (QED) is 0.0997. The molecular weight excluding hydrogens is 508 g/mol. The lowest BCUT2D eigenvalue weighted by Crippen LogP contribution is -2.03. The van der Waals surface area contributed by atoms with E-state index in [1.807, 2.05) is 0 Å². The molecule has 1 aliphatic rings. The van der Waals surface area contributed by atoms with Gasteiger partial charge in [-0.3, -0.25) is 0 Å². The number of benzene rings is 2. The average Bonchev–Trinajstić information content (AvgIpc) is 3.30. The zero-order valence-electron chi connectivity index (χ0n) is 27.7. The molecule has 2 aromatic carbocycles. The lowest BCUT2D eigenvalue weighted by Gasteiger charge is -2.10. The van der Waals surface area contributed by atoms with Crippen LogP contribution in [0.2, 0.25) is 0 Å². The first-order valence-corrected chi connectivity index (χ1v) is 17.8. The number of hydrogen-bond donors (Lipinski definition) is 0. The van der Waals surface area contributed by atoms with Gasteiger partial charge in [-0.05, 0) is 73.9 Å². The third kappa shape index (κ3) is 10.4. The highest BCUT2D eigenvalue weighted by Gasteiger charge is 2.35. The molecule has 0 bridgehead atoms. The molecule has 3 rings (SSSR count). The molecule has 2 nitrogen and oxygen atoms in total. The van der Waals surface area contributed by atoms with Crippen LogP contribution in [0.25, 0.3) is 16.9 Å². The first-order chi connectivity index (χ1) is 20.6. The summed E-state index contributed by atoms with van der Waals surface area (Å²) in [6.45, 7) is 8.96. The second kappa shape index (κ2) is 19.7. The van der Waals surface area contributed by atoms with Crippen molar-refractivity contribution in [3.8, 4) is 0 Å². The van der Waals surface area contributed by atoms with Gasteiger partial charge in [0.1, 0.15) is 0 Å². The van der Waals surface area contributed by atoms with Crippen LogP contribution in [0, 0.1) is 0 Å². The molecule has 0 aromatic heterocycles. The molecular formula is C40H60N2. The molecule has 0 radical (unpaired) electrons. The fraction of sp³-hybridized carbons (Fsp3) is 0.600.